The van der Waals surface area contributed by atoms with Crippen molar-refractivity contribution in [3.8, 4) is 11.5 Å². The minimum absolute atomic E-state index is 0. The van der Waals surface area contributed by atoms with Gasteiger partial charge in [0.05, 0.1) is 25.9 Å². The highest BCUT2D eigenvalue weighted by molar-refractivity contribution is 14.0. The van der Waals surface area contributed by atoms with Gasteiger partial charge < -0.3 is 20.1 Å². The summed E-state index contributed by atoms with van der Waals surface area (Å²) >= 11 is 0. The Hall–Kier alpha value is -1.97. The van der Waals surface area contributed by atoms with E-state index in [0.717, 1.165) is 42.5 Å². The zero-order chi connectivity index (χ0) is 21.2. The Morgan fingerprint density at radius 1 is 1.17 bits per heavy atom. The molecule has 1 aromatic heterocycles. The number of benzene rings is 1. The SMILES string of the molecule is CCNC(=NCc1c(CC)nn(C)c1CC)NCC(C)Oc1cccc(OC)c1.I. The van der Waals surface area contributed by atoms with E-state index in [1.165, 1.54) is 11.3 Å². The average Bonchev–Trinajstić information content (AvgIpc) is 3.04. The minimum atomic E-state index is -0.0261. The molecule has 1 heterocycles. The van der Waals surface area contributed by atoms with Crippen molar-refractivity contribution in [1.29, 1.82) is 0 Å². The molecule has 2 N–H and O–H groups in total. The standard InChI is InChI=1S/C22H35N5O2.HI/c1-7-20-19(21(8-2)27(5)26-20)15-25-22(23-9-3)24-14-16(4)29-18-12-10-11-17(13-18)28-6;/h10-13,16H,7-9,14-15H2,1-6H3,(H2,23,24,25);1H. The fraction of sp³-hybridized carbons (Fsp3) is 0.545. The summed E-state index contributed by atoms with van der Waals surface area (Å²) in [6, 6.07) is 7.64. The number of aliphatic imine (C=N–C) groups is 1. The molecular formula is C22H36IN5O2. The predicted octanol–water partition coefficient (Wildman–Crippen LogP) is 3.69. The van der Waals surface area contributed by atoms with Gasteiger partial charge in [-0.25, -0.2) is 4.99 Å². The lowest BCUT2D eigenvalue weighted by Crippen LogP contribution is -2.41. The third-order valence-corrected chi connectivity index (χ3v) is 4.70. The molecule has 0 radical (unpaired) electrons. The highest BCUT2D eigenvalue weighted by Gasteiger charge is 2.13. The number of rotatable bonds is 10. The van der Waals surface area contributed by atoms with Crippen LogP contribution in [-0.2, 0) is 26.4 Å². The van der Waals surface area contributed by atoms with Gasteiger partial charge in [-0.1, -0.05) is 19.9 Å². The quantitative estimate of drug-likeness (QED) is 0.279. The topological polar surface area (TPSA) is 72.7 Å². The van der Waals surface area contributed by atoms with E-state index in [9.17, 15) is 0 Å². The molecule has 1 unspecified atom stereocenters. The number of hydrogen-bond donors (Lipinski definition) is 2. The van der Waals surface area contributed by atoms with Gasteiger partial charge in [0.25, 0.3) is 0 Å². The molecule has 168 valence electrons. The van der Waals surface area contributed by atoms with E-state index in [4.69, 9.17) is 14.5 Å². The van der Waals surface area contributed by atoms with Crippen LogP contribution in [0.2, 0.25) is 0 Å². The molecule has 0 saturated heterocycles. The first-order valence-corrected chi connectivity index (χ1v) is 10.4. The Labute approximate surface area is 197 Å². The number of aryl methyl sites for hydroxylation is 2. The number of aromatic nitrogens is 2. The zero-order valence-corrected chi connectivity index (χ0v) is 21.3. The Morgan fingerprint density at radius 2 is 1.90 bits per heavy atom. The molecule has 0 aliphatic heterocycles. The molecule has 0 aliphatic rings. The monoisotopic (exact) mass is 529 g/mol. The third-order valence-electron chi connectivity index (χ3n) is 4.70. The van der Waals surface area contributed by atoms with Gasteiger partial charge in [-0.05, 0) is 38.8 Å². The van der Waals surface area contributed by atoms with Gasteiger partial charge in [-0.15, -0.1) is 24.0 Å². The van der Waals surface area contributed by atoms with Crippen molar-refractivity contribution in [2.45, 2.75) is 53.2 Å². The highest BCUT2D eigenvalue weighted by atomic mass is 127. The van der Waals surface area contributed by atoms with Gasteiger partial charge >= 0.3 is 0 Å². The third kappa shape index (κ3) is 7.37. The molecule has 2 aromatic rings. The van der Waals surface area contributed by atoms with Crippen LogP contribution in [0.5, 0.6) is 11.5 Å². The van der Waals surface area contributed by atoms with Crippen molar-refractivity contribution in [3.05, 3.63) is 41.2 Å². The van der Waals surface area contributed by atoms with Crippen LogP contribution in [-0.4, -0.2) is 42.0 Å². The van der Waals surface area contributed by atoms with E-state index in [1.807, 2.05) is 42.9 Å². The lowest BCUT2D eigenvalue weighted by molar-refractivity contribution is 0.223. The summed E-state index contributed by atoms with van der Waals surface area (Å²) < 4.78 is 13.2. The minimum Gasteiger partial charge on any atom is -0.497 e. The summed E-state index contributed by atoms with van der Waals surface area (Å²) in [5.41, 5.74) is 3.60. The second-order valence-electron chi connectivity index (χ2n) is 6.89. The van der Waals surface area contributed by atoms with E-state index < -0.39 is 0 Å². The van der Waals surface area contributed by atoms with Crippen molar-refractivity contribution in [3.63, 3.8) is 0 Å². The molecule has 0 spiro atoms. The summed E-state index contributed by atoms with van der Waals surface area (Å²) in [7, 11) is 3.66. The molecule has 2 rings (SSSR count). The van der Waals surface area contributed by atoms with E-state index in [0.29, 0.717) is 13.1 Å². The highest BCUT2D eigenvalue weighted by Crippen LogP contribution is 2.20. The average molecular weight is 529 g/mol. The number of ether oxygens (including phenoxy) is 2. The number of nitrogens with one attached hydrogen (secondary N) is 2. The van der Waals surface area contributed by atoms with Gasteiger partial charge in [0, 0.05) is 30.9 Å². The van der Waals surface area contributed by atoms with E-state index in [-0.39, 0.29) is 30.1 Å². The van der Waals surface area contributed by atoms with Gasteiger partial charge in [0.15, 0.2) is 5.96 Å². The molecule has 0 fully saturated rings. The molecule has 7 nitrogen and oxygen atoms in total. The normalized spacial score (nSPS) is 12.1. The van der Waals surface area contributed by atoms with Gasteiger partial charge in [-0.2, -0.15) is 5.10 Å². The Balaban J connectivity index is 0.00000450. The number of guanidine groups is 1. The molecule has 1 aromatic carbocycles. The van der Waals surface area contributed by atoms with Crippen LogP contribution in [0.15, 0.2) is 29.3 Å². The zero-order valence-electron chi connectivity index (χ0n) is 19.0. The molecule has 0 amide bonds. The summed E-state index contributed by atoms with van der Waals surface area (Å²) in [4.78, 5) is 4.79. The Kier molecular flexibility index (Phi) is 11.6. The molecule has 1 atom stereocenters. The summed E-state index contributed by atoms with van der Waals surface area (Å²) in [5.74, 6) is 2.35. The van der Waals surface area contributed by atoms with Crippen LogP contribution in [0.3, 0.4) is 0 Å². The maximum atomic E-state index is 5.99. The van der Waals surface area contributed by atoms with Crippen molar-refractivity contribution in [2.24, 2.45) is 12.0 Å². The fourth-order valence-electron chi connectivity index (χ4n) is 3.26. The van der Waals surface area contributed by atoms with Gasteiger partial charge in [0.1, 0.15) is 17.6 Å². The van der Waals surface area contributed by atoms with E-state index in [2.05, 4.69) is 36.5 Å². The maximum Gasteiger partial charge on any atom is 0.191 e. The molecular weight excluding hydrogens is 493 g/mol. The number of nitrogens with zero attached hydrogens (tertiary/aromatic N) is 3. The van der Waals surface area contributed by atoms with Crippen LogP contribution in [0.1, 0.15) is 44.6 Å². The summed E-state index contributed by atoms with van der Waals surface area (Å²) in [6.45, 7) is 10.4. The molecule has 30 heavy (non-hydrogen) atoms. The second-order valence-corrected chi connectivity index (χ2v) is 6.89. The summed E-state index contributed by atoms with van der Waals surface area (Å²) in [6.07, 6.45) is 1.83. The first kappa shape index (κ1) is 26.1. The molecule has 0 saturated carbocycles. The van der Waals surface area contributed by atoms with Crippen molar-refractivity contribution in [1.82, 2.24) is 20.4 Å². The van der Waals surface area contributed by atoms with Crippen LogP contribution >= 0.6 is 24.0 Å². The summed E-state index contributed by atoms with van der Waals surface area (Å²) in [5, 5.41) is 11.3. The smallest absolute Gasteiger partial charge is 0.191 e. The van der Waals surface area contributed by atoms with Crippen LogP contribution in [0, 0.1) is 0 Å². The fourth-order valence-corrected chi connectivity index (χ4v) is 3.26. The number of methoxy groups -OCH3 is 1. The van der Waals surface area contributed by atoms with Crippen molar-refractivity contribution < 1.29 is 9.47 Å². The first-order valence-electron chi connectivity index (χ1n) is 10.4. The lowest BCUT2D eigenvalue weighted by Gasteiger charge is -2.18. The van der Waals surface area contributed by atoms with Crippen LogP contribution < -0.4 is 20.1 Å². The van der Waals surface area contributed by atoms with E-state index >= 15 is 0 Å². The van der Waals surface area contributed by atoms with Crippen molar-refractivity contribution in [2.75, 3.05) is 20.2 Å². The molecule has 0 aliphatic carbocycles. The Morgan fingerprint density at radius 3 is 2.53 bits per heavy atom. The number of halogens is 1. The van der Waals surface area contributed by atoms with Crippen LogP contribution in [0.25, 0.3) is 0 Å². The first-order chi connectivity index (χ1) is 14.0. The predicted molar refractivity (Wildman–Crippen MR) is 133 cm³/mol. The largest absolute Gasteiger partial charge is 0.497 e. The second kappa shape index (κ2) is 13.4. The van der Waals surface area contributed by atoms with Crippen LogP contribution in [0.4, 0.5) is 0 Å². The van der Waals surface area contributed by atoms with Crippen molar-refractivity contribution >= 4 is 29.9 Å². The number of hydrogen-bond acceptors (Lipinski definition) is 4. The maximum absolute atomic E-state index is 5.99. The van der Waals surface area contributed by atoms with E-state index in [1.54, 1.807) is 7.11 Å². The molecule has 0 bridgehead atoms. The molecule has 8 heteroatoms. The Bertz CT molecular complexity index is 807. The van der Waals surface area contributed by atoms with Gasteiger partial charge in [0.2, 0.25) is 0 Å². The van der Waals surface area contributed by atoms with Gasteiger partial charge in [-0.3, -0.25) is 4.68 Å². The lowest BCUT2D eigenvalue weighted by atomic mass is 10.1.